The summed E-state index contributed by atoms with van der Waals surface area (Å²) in [5.41, 5.74) is 0.817. The zero-order valence-corrected chi connectivity index (χ0v) is 11.4. The third-order valence-electron chi connectivity index (χ3n) is 3.59. The van der Waals surface area contributed by atoms with Crippen LogP contribution in [0.5, 0.6) is 0 Å². The largest absolute Gasteiger partial charge is 0.344 e. The summed E-state index contributed by atoms with van der Waals surface area (Å²) >= 11 is 0. The Morgan fingerprint density at radius 2 is 2.39 bits per heavy atom. The second-order valence-corrected chi connectivity index (χ2v) is 4.82. The van der Waals surface area contributed by atoms with Crippen LogP contribution in [0.15, 0.2) is 18.3 Å². The summed E-state index contributed by atoms with van der Waals surface area (Å²) in [4.78, 5) is 14.7. The van der Waals surface area contributed by atoms with E-state index in [-0.39, 0.29) is 5.91 Å². The SMILES string of the molecule is CCCN(C(=O)c1cccn1CC)C1CCNC1. The lowest BCUT2D eigenvalue weighted by Crippen LogP contribution is -2.42. The molecule has 1 aromatic heterocycles. The van der Waals surface area contributed by atoms with Gasteiger partial charge >= 0.3 is 0 Å². The Labute approximate surface area is 109 Å². The van der Waals surface area contributed by atoms with Crippen LogP contribution in [0.1, 0.15) is 37.2 Å². The Kier molecular flexibility index (Phi) is 4.42. The molecule has 2 rings (SSSR count). The molecule has 1 aliphatic heterocycles. The van der Waals surface area contributed by atoms with Crippen LogP contribution in [0.4, 0.5) is 0 Å². The van der Waals surface area contributed by atoms with Crippen molar-refractivity contribution in [2.75, 3.05) is 19.6 Å². The smallest absolute Gasteiger partial charge is 0.270 e. The number of nitrogens with zero attached hydrogens (tertiary/aromatic N) is 2. The van der Waals surface area contributed by atoms with Gasteiger partial charge in [-0.1, -0.05) is 6.92 Å². The van der Waals surface area contributed by atoms with E-state index in [4.69, 9.17) is 0 Å². The molecule has 0 aromatic carbocycles. The fraction of sp³-hybridized carbons (Fsp3) is 0.643. The van der Waals surface area contributed by atoms with E-state index in [9.17, 15) is 4.79 Å². The van der Waals surface area contributed by atoms with Gasteiger partial charge in [-0.25, -0.2) is 0 Å². The Morgan fingerprint density at radius 1 is 1.56 bits per heavy atom. The van der Waals surface area contributed by atoms with Crippen molar-refractivity contribution in [3.8, 4) is 0 Å². The lowest BCUT2D eigenvalue weighted by molar-refractivity contribution is 0.0681. The van der Waals surface area contributed by atoms with Crippen LogP contribution in [0, 0.1) is 0 Å². The first-order chi connectivity index (χ1) is 8.77. The molecule has 0 aliphatic carbocycles. The molecular formula is C14H23N3O. The van der Waals surface area contributed by atoms with E-state index in [0.29, 0.717) is 6.04 Å². The van der Waals surface area contributed by atoms with Crippen LogP contribution in [0.25, 0.3) is 0 Å². The van der Waals surface area contributed by atoms with Gasteiger partial charge in [0.2, 0.25) is 0 Å². The minimum atomic E-state index is 0.178. The average Bonchev–Trinajstić information content (AvgIpc) is 3.05. The molecule has 1 saturated heterocycles. The van der Waals surface area contributed by atoms with Gasteiger partial charge in [0, 0.05) is 31.9 Å². The minimum Gasteiger partial charge on any atom is -0.344 e. The van der Waals surface area contributed by atoms with Crippen molar-refractivity contribution in [3.05, 3.63) is 24.0 Å². The van der Waals surface area contributed by atoms with Crippen LogP contribution in [-0.4, -0.2) is 41.1 Å². The second kappa shape index (κ2) is 6.05. The summed E-state index contributed by atoms with van der Waals surface area (Å²) in [5.74, 6) is 0.178. The van der Waals surface area contributed by atoms with E-state index >= 15 is 0 Å². The number of rotatable bonds is 5. The van der Waals surface area contributed by atoms with E-state index in [0.717, 1.165) is 44.7 Å². The van der Waals surface area contributed by atoms with E-state index in [2.05, 4.69) is 19.2 Å². The number of aromatic nitrogens is 1. The van der Waals surface area contributed by atoms with E-state index < -0.39 is 0 Å². The Balaban J connectivity index is 2.17. The standard InChI is InChI=1S/C14H23N3O/c1-3-9-17(12-7-8-15-11-12)14(18)13-6-5-10-16(13)4-2/h5-6,10,12,15H,3-4,7-9,11H2,1-2H3. The number of aryl methyl sites for hydroxylation is 1. The number of amides is 1. The molecule has 0 bridgehead atoms. The third-order valence-corrected chi connectivity index (χ3v) is 3.59. The molecule has 0 saturated carbocycles. The predicted molar refractivity (Wildman–Crippen MR) is 72.7 cm³/mol. The van der Waals surface area contributed by atoms with Crippen molar-refractivity contribution in [2.24, 2.45) is 0 Å². The molecule has 2 heterocycles. The summed E-state index contributed by atoms with van der Waals surface area (Å²) in [7, 11) is 0. The van der Waals surface area contributed by atoms with Crippen LogP contribution < -0.4 is 5.32 Å². The maximum Gasteiger partial charge on any atom is 0.270 e. The fourth-order valence-corrected chi connectivity index (χ4v) is 2.63. The van der Waals surface area contributed by atoms with Gasteiger partial charge in [-0.2, -0.15) is 0 Å². The first kappa shape index (κ1) is 13.1. The summed E-state index contributed by atoms with van der Waals surface area (Å²) < 4.78 is 2.02. The van der Waals surface area contributed by atoms with Gasteiger partial charge in [0.1, 0.15) is 5.69 Å². The molecule has 18 heavy (non-hydrogen) atoms. The molecule has 1 atom stereocenters. The maximum absolute atomic E-state index is 12.6. The predicted octanol–water partition coefficient (Wildman–Crippen LogP) is 1.72. The van der Waals surface area contributed by atoms with Crippen molar-refractivity contribution in [2.45, 2.75) is 39.3 Å². The fourth-order valence-electron chi connectivity index (χ4n) is 2.63. The van der Waals surface area contributed by atoms with Crippen LogP contribution in [0.3, 0.4) is 0 Å². The highest BCUT2D eigenvalue weighted by Crippen LogP contribution is 2.14. The highest BCUT2D eigenvalue weighted by atomic mass is 16.2. The highest BCUT2D eigenvalue weighted by Gasteiger charge is 2.27. The van der Waals surface area contributed by atoms with Crippen molar-refractivity contribution in [3.63, 3.8) is 0 Å². The van der Waals surface area contributed by atoms with Crippen LogP contribution >= 0.6 is 0 Å². The number of nitrogens with one attached hydrogen (secondary N) is 1. The van der Waals surface area contributed by atoms with Gasteiger partial charge in [-0.15, -0.1) is 0 Å². The van der Waals surface area contributed by atoms with Gasteiger partial charge in [-0.05, 0) is 38.4 Å². The van der Waals surface area contributed by atoms with Crippen LogP contribution in [0.2, 0.25) is 0 Å². The van der Waals surface area contributed by atoms with Gasteiger partial charge in [0.15, 0.2) is 0 Å². The second-order valence-electron chi connectivity index (χ2n) is 4.82. The molecule has 1 fully saturated rings. The zero-order chi connectivity index (χ0) is 13.0. The highest BCUT2D eigenvalue weighted by molar-refractivity contribution is 5.93. The average molecular weight is 249 g/mol. The molecular weight excluding hydrogens is 226 g/mol. The summed E-state index contributed by atoms with van der Waals surface area (Å²) in [6.07, 6.45) is 4.05. The zero-order valence-electron chi connectivity index (χ0n) is 11.4. The number of hydrogen-bond acceptors (Lipinski definition) is 2. The molecule has 4 heteroatoms. The van der Waals surface area contributed by atoms with Crippen molar-refractivity contribution < 1.29 is 4.79 Å². The van der Waals surface area contributed by atoms with Crippen molar-refractivity contribution in [1.82, 2.24) is 14.8 Å². The minimum absolute atomic E-state index is 0.178. The summed E-state index contributed by atoms with van der Waals surface area (Å²) in [6.45, 7) is 7.84. The monoisotopic (exact) mass is 249 g/mol. The summed E-state index contributed by atoms with van der Waals surface area (Å²) in [6, 6.07) is 4.24. The van der Waals surface area contributed by atoms with Crippen LogP contribution in [-0.2, 0) is 6.54 Å². The number of hydrogen-bond donors (Lipinski definition) is 1. The van der Waals surface area contributed by atoms with Gasteiger partial charge in [0.05, 0.1) is 0 Å². The van der Waals surface area contributed by atoms with E-state index in [1.807, 2.05) is 27.8 Å². The molecule has 1 aromatic rings. The Morgan fingerprint density at radius 3 is 3.00 bits per heavy atom. The molecule has 0 spiro atoms. The number of carbonyl (C=O) groups excluding carboxylic acids is 1. The first-order valence-corrected chi connectivity index (χ1v) is 6.94. The van der Waals surface area contributed by atoms with Gasteiger partial charge in [0.25, 0.3) is 5.91 Å². The lowest BCUT2D eigenvalue weighted by atomic mass is 10.2. The van der Waals surface area contributed by atoms with Gasteiger partial charge < -0.3 is 14.8 Å². The molecule has 100 valence electrons. The summed E-state index contributed by atoms with van der Waals surface area (Å²) in [5, 5.41) is 3.34. The molecule has 1 amide bonds. The van der Waals surface area contributed by atoms with Gasteiger partial charge in [-0.3, -0.25) is 4.79 Å². The Bertz CT molecular complexity index is 393. The maximum atomic E-state index is 12.6. The first-order valence-electron chi connectivity index (χ1n) is 6.94. The van der Waals surface area contributed by atoms with E-state index in [1.165, 1.54) is 0 Å². The topological polar surface area (TPSA) is 37.3 Å². The quantitative estimate of drug-likeness (QED) is 0.863. The van der Waals surface area contributed by atoms with Crippen molar-refractivity contribution in [1.29, 1.82) is 0 Å². The number of carbonyl (C=O) groups is 1. The molecule has 4 nitrogen and oxygen atoms in total. The van der Waals surface area contributed by atoms with E-state index in [1.54, 1.807) is 0 Å². The molecule has 1 aliphatic rings. The lowest BCUT2D eigenvalue weighted by Gasteiger charge is -2.28. The van der Waals surface area contributed by atoms with Crippen molar-refractivity contribution >= 4 is 5.91 Å². The molecule has 1 N–H and O–H groups in total. The molecule has 0 radical (unpaired) electrons. The third kappa shape index (κ3) is 2.58. The normalized spacial score (nSPS) is 19.1. The molecule has 1 unspecified atom stereocenters. The Hall–Kier alpha value is -1.29.